The second kappa shape index (κ2) is 6.75. The molecule has 2 heterocycles. The van der Waals surface area contributed by atoms with Crippen molar-refractivity contribution in [1.29, 1.82) is 0 Å². The number of nitrogens with zero attached hydrogens (tertiary/aromatic N) is 3. The molecule has 2 amide bonds. The van der Waals surface area contributed by atoms with Gasteiger partial charge in [0.1, 0.15) is 11.5 Å². The first-order chi connectivity index (χ1) is 10.5. The van der Waals surface area contributed by atoms with Gasteiger partial charge in [0.2, 0.25) is 0 Å². The van der Waals surface area contributed by atoms with Crippen LogP contribution in [0.25, 0.3) is 0 Å². The van der Waals surface area contributed by atoms with E-state index in [2.05, 4.69) is 15.6 Å². The Morgan fingerprint density at radius 2 is 2.14 bits per heavy atom. The Hall–Kier alpha value is -2.83. The SMILES string of the molecule is CN(C)c1cc(CNC(=O)Nc2cccn(C)c2=O)ccn1. The summed E-state index contributed by atoms with van der Waals surface area (Å²) in [7, 11) is 5.43. The average Bonchev–Trinajstić information content (AvgIpc) is 2.50. The number of carbonyl (C=O) groups is 1. The molecule has 2 N–H and O–H groups in total. The summed E-state index contributed by atoms with van der Waals surface area (Å²) in [4.78, 5) is 29.8. The predicted molar refractivity (Wildman–Crippen MR) is 86.1 cm³/mol. The number of amides is 2. The van der Waals surface area contributed by atoms with Crippen molar-refractivity contribution in [2.24, 2.45) is 7.05 Å². The van der Waals surface area contributed by atoms with Crippen molar-refractivity contribution < 1.29 is 4.79 Å². The second-order valence-corrected chi connectivity index (χ2v) is 5.06. The minimum absolute atomic E-state index is 0.242. The highest BCUT2D eigenvalue weighted by Gasteiger charge is 2.06. The van der Waals surface area contributed by atoms with Gasteiger partial charge in [0.05, 0.1) is 0 Å². The molecule has 2 aromatic rings. The Labute approximate surface area is 128 Å². The van der Waals surface area contributed by atoms with Gasteiger partial charge in [-0.3, -0.25) is 4.79 Å². The zero-order valence-corrected chi connectivity index (χ0v) is 12.8. The fourth-order valence-corrected chi connectivity index (χ4v) is 1.86. The van der Waals surface area contributed by atoms with Crippen LogP contribution in [0.3, 0.4) is 0 Å². The molecule has 0 aliphatic heterocycles. The van der Waals surface area contributed by atoms with Crippen molar-refractivity contribution in [3.63, 3.8) is 0 Å². The average molecular weight is 301 g/mol. The summed E-state index contributed by atoms with van der Waals surface area (Å²) in [5.74, 6) is 0.816. The third-order valence-corrected chi connectivity index (χ3v) is 3.09. The third-order valence-electron chi connectivity index (χ3n) is 3.09. The summed E-state index contributed by atoms with van der Waals surface area (Å²) >= 11 is 0. The minimum Gasteiger partial charge on any atom is -0.363 e. The van der Waals surface area contributed by atoms with Gasteiger partial charge in [-0.15, -0.1) is 0 Å². The lowest BCUT2D eigenvalue weighted by atomic mass is 10.2. The fraction of sp³-hybridized carbons (Fsp3) is 0.267. The van der Waals surface area contributed by atoms with E-state index in [1.807, 2.05) is 31.1 Å². The maximum absolute atomic E-state index is 11.9. The molecule has 7 heteroatoms. The minimum atomic E-state index is -0.425. The second-order valence-electron chi connectivity index (χ2n) is 5.06. The van der Waals surface area contributed by atoms with Crippen LogP contribution in [0, 0.1) is 0 Å². The molecular formula is C15H19N5O2. The Kier molecular flexibility index (Phi) is 4.77. The molecule has 0 unspecified atom stereocenters. The van der Waals surface area contributed by atoms with Gasteiger partial charge in [-0.1, -0.05) is 0 Å². The summed E-state index contributed by atoms with van der Waals surface area (Å²) in [5.41, 5.74) is 0.914. The molecule has 0 fully saturated rings. The number of pyridine rings is 2. The van der Waals surface area contributed by atoms with E-state index in [4.69, 9.17) is 0 Å². The lowest BCUT2D eigenvalue weighted by molar-refractivity contribution is 0.251. The van der Waals surface area contributed by atoms with Crippen LogP contribution in [-0.2, 0) is 13.6 Å². The van der Waals surface area contributed by atoms with Crippen LogP contribution < -0.4 is 21.1 Å². The molecule has 0 saturated heterocycles. The number of aryl methyl sites for hydroxylation is 1. The zero-order valence-electron chi connectivity index (χ0n) is 12.8. The standard InChI is InChI=1S/C15H19N5O2/c1-19(2)13-9-11(6-7-16-13)10-17-15(22)18-12-5-4-8-20(3)14(12)21/h4-9H,10H2,1-3H3,(H2,17,18,22). The molecular weight excluding hydrogens is 282 g/mol. The molecule has 0 spiro atoms. The largest absolute Gasteiger partial charge is 0.363 e. The topological polar surface area (TPSA) is 79.3 Å². The molecule has 0 aliphatic carbocycles. The van der Waals surface area contributed by atoms with Crippen molar-refractivity contribution in [1.82, 2.24) is 14.9 Å². The summed E-state index contributed by atoms with van der Waals surface area (Å²) in [6.45, 7) is 0.350. The summed E-state index contributed by atoms with van der Waals surface area (Å²) in [6.07, 6.45) is 3.32. The number of aromatic nitrogens is 2. The van der Waals surface area contributed by atoms with Gasteiger partial charge in [-0.25, -0.2) is 9.78 Å². The predicted octanol–water partition coefficient (Wildman–Crippen LogP) is 1.17. The van der Waals surface area contributed by atoms with Crippen LogP contribution in [0.2, 0.25) is 0 Å². The number of nitrogens with one attached hydrogen (secondary N) is 2. The summed E-state index contributed by atoms with van der Waals surface area (Å²) in [5, 5.41) is 5.27. The van der Waals surface area contributed by atoms with Gasteiger partial charge >= 0.3 is 6.03 Å². The smallest absolute Gasteiger partial charge is 0.319 e. The Balaban J connectivity index is 1.97. The van der Waals surface area contributed by atoms with Crippen molar-refractivity contribution in [3.8, 4) is 0 Å². The highest BCUT2D eigenvalue weighted by molar-refractivity contribution is 5.88. The van der Waals surface area contributed by atoms with Gasteiger partial charge in [0.15, 0.2) is 0 Å². The molecule has 2 rings (SSSR count). The first-order valence-electron chi connectivity index (χ1n) is 6.80. The molecule has 0 aliphatic rings. The first kappa shape index (κ1) is 15.6. The third kappa shape index (κ3) is 3.85. The maximum Gasteiger partial charge on any atom is 0.319 e. The molecule has 0 atom stereocenters. The van der Waals surface area contributed by atoms with Crippen molar-refractivity contribution in [2.75, 3.05) is 24.3 Å². The normalized spacial score (nSPS) is 10.1. The number of carbonyl (C=O) groups excluding carboxylic acids is 1. The Morgan fingerprint density at radius 1 is 1.36 bits per heavy atom. The Morgan fingerprint density at radius 3 is 2.86 bits per heavy atom. The van der Waals surface area contributed by atoms with Crippen LogP contribution in [-0.4, -0.2) is 29.7 Å². The van der Waals surface area contributed by atoms with Crippen molar-refractivity contribution in [3.05, 3.63) is 52.6 Å². The highest BCUT2D eigenvalue weighted by Crippen LogP contribution is 2.09. The molecule has 0 radical (unpaired) electrons. The van der Waals surface area contributed by atoms with E-state index >= 15 is 0 Å². The van der Waals surface area contributed by atoms with Crippen LogP contribution in [0.1, 0.15) is 5.56 Å². The molecule has 0 bridgehead atoms. The van der Waals surface area contributed by atoms with Crippen LogP contribution >= 0.6 is 0 Å². The van der Waals surface area contributed by atoms with Crippen molar-refractivity contribution in [2.45, 2.75) is 6.54 Å². The van der Waals surface area contributed by atoms with Gasteiger partial charge in [0, 0.05) is 40.1 Å². The highest BCUT2D eigenvalue weighted by atomic mass is 16.2. The van der Waals surface area contributed by atoms with E-state index < -0.39 is 6.03 Å². The lowest BCUT2D eigenvalue weighted by Gasteiger charge is -2.12. The van der Waals surface area contributed by atoms with Gasteiger partial charge < -0.3 is 20.1 Å². The monoisotopic (exact) mass is 301 g/mol. The van der Waals surface area contributed by atoms with Gasteiger partial charge in [-0.05, 0) is 29.8 Å². The van der Waals surface area contributed by atoms with E-state index in [1.165, 1.54) is 4.57 Å². The number of urea groups is 1. The molecule has 7 nitrogen and oxygen atoms in total. The van der Waals surface area contributed by atoms with E-state index in [0.29, 0.717) is 6.54 Å². The number of rotatable bonds is 4. The summed E-state index contributed by atoms with van der Waals surface area (Å²) < 4.78 is 1.40. The van der Waals surface area contributed by atoms with Gasteiger partial charge in [0.25, 0.3) is 5.56 Å². The zero-order chi connectivity index (χ0) is 16.1. The number of anilines is 2. The molecule has 0 aromatic carbocycles. The number of hydrogen-bond acceptors (Lipinski definition) is 4. The summed E-state index contributed by atoms with van der Waals surface area (Å²) in [6, 6.07) is 6.56. The quantitative estimate of drug-likeness (QED) is 0.888. The van der Waals surface area contributed by atoms with E-state index in [-0.39, 0.29) is 11.2 Å². The van der Waals surface area contributed by atoms with E-state index in [1.54, 1.807) is 31.6 Å². The van der Waals surface area contributed by atoms with Crippen LogP contribution in [0.15, 0.2) is 41.5 Å². The van der Waals surface area contributed by atoms with E-state index in [9.17, 15) is 9.59 Å². The lowest BCUT2D eigenvalue weighted by Crippen LogP contribution is -2.31. The molecule has 116 valence electrons. The van der Waals surface area contributed by atoms with Crippen LogP contribution in [0.4, 0.5) is 16.3 Å². The van der Waals surface area contributed by atoms with E-state index in [0.717, 1.165) is 11.4 Å². The first-order valence-corrected chi connectivity index (χ1v) is 6.80. The molecule has 22 heavy (non-hydrogen) atoms. The Bertz CT molecular complexity index is 724. The maximum atomic E-state index is 11.9. The van der Waals surface area contributed by atoms with Crippen LogP contribution in [0.5, 0.6) is 0 Å². The van der Waals surface area contributed by atoms with Crippen molar-refractivity contribution >= 4 is 17.5 Å². The molecule has 2 aromatic heterocycles. The van der Waals surface area contributed by atoms with Gasteiger partial charge in [-0.2, -0.15) is 0 Å². The molecule has 0 saturated carbocycles. The number of hydrogen-bond donors (Lipinski definition) is 2. The fourth-order valence-electron chi connectivity index (χ4n) is 1.86.